The van der Waals surface area contributed by atoms with Gasteiger partial charge in [0.05, 0.1) is 12.1 Å². The number of benzene rings is 2. The van der Waals surface area contributed by atoms with Crippen LogP contribution < -0.4 is 10.6 Å². The number of rotatable bonds is 2. The Bertz CT molecular complexity index is 774. The highest BCUT2D eigenvalue weighted by Gasteiger charge is 2.26. The monoisotopic (exact) mass is 340 g/mol. The fourth-order valence-electron chi connectivity index (χ4n) is 4.00. The molecule has 0 bridgehead atoms. The fraction of sp³-hybridized carbons (Fsp3) is 0.350. The summed E-state index contributed by atoms with van der Waals surface area (Å²) in [7, 11) is 0. The Labute approximate surface area is 147 Å². The normalized spacial score (nSPS) is 21.7. The van der Waals surface area contributed by atoms with E-state index in [4.69, 9.17) is 11.6 Å². The summed E-state index contributed by atoms with van der Waals surface area (Å²) >= 11 is 6.05. The van der Waals surface area contributed by atoms with Crippen LogP contribution in [0.2, 0.25) is 5.02 Å². The lowest BCUT2D eigenvalue weighted by molar-refractivity contribution is 0.231. The first-order chi connectivity index (χ1) is 11.7. The van der Waals surface area contributed by atoms with E-state index in [9.17, 15) is 4.79 Å². The average molecular weight is 341 g/mol. The molecule has 0 aromatic heterocycles. The van der Waals surface area contributed by atoms with Gasteiger partial charge >= 0.3 is 6.03 Å². The number of aryl methyl sites for hydroxylation is 2. The zero-order valence-corrected chi connectivity index (χ0v) is 14.3. The third-order valence-corrected chi connectivity index (χ3v) is 5.40. The van der Waals surface area contributed by atoms with Crippen molar-refractivity contribution in [2.45, 2.75) is 44.2 Å². The molecule has 2 unspecified atom stereocenters. The van der Waals surface area contributed by atoms with Crippen molar-refractivity contribution in [1.82, 2.24) is 10.6 Å². The van der Waals surface area contributed by atoms with Crippen LogP contribution in [0, 0.1) is 0 Å². The number of amides is 2. The predicted molar refractivity (Wildman–Crippen MR) is 96.3 cm³/mol. The van der Waals surface area contributed by atoms with Crippen molar-refractivity contribution < 1.29 is 4.79 Å². The Morgan fingerprint density at radius 2 is 1.67 bits per heavy atom. The quantitative estimate of drug-likeness (QED) is 0.817. The second-order valence-electron chi connectivity index (χ2n) is 6.70. The molecular formula is C20H21ClN2O. The Morgan fingerprint density at radius 3 is 2.54 bits per heavy atom. The molecule has 0 saturated carbocycles. The maximum absolute atomic E-state index is 12.5. The van der Waals surface area contributed by atoms with Gasteiger partial charge in [0.25, 0.3) is 0 Å². The molecule has 0 radical (unpaired) electrons. The number of nitrogens with one attached hydrogen (secondary N) is 2. The fourth-order valence-corrected chi connectivity index (χ4v) is 4.19. The number of carbonyl (C=O) groups is 1. The van der Waals surface area contributed by atoms with Crippen LogP contribution in [0.5, 0.6) is 0 Å². The first kappa shape index (κ1) is 15.5. The summed E-state index contributed by atoms with van der Waals surface area (Å²) in [5.74, 6) is 0. The Balaban J connectivity index is 1.44. The highest BCUT2D eigenvalue weighted by Crippen LogP contribution is 2.33. The minimum atomic E-state index is -0.0792. The van der Waals surface area contributed by atoms with Gasteiger partial charge in [-0.25, -0.2) is 4.79 Å². The molecule has 2 aromatic carbocycles. The van der Waals surface area contributed by atoms with E-state index >= 15 is 0 Å². The average Bonchev–Trinajstić information content (AvgIpc) is 2.97. The highest BCUT2D eigenvalue weighted by atomic mass is 35.5. The highest BCUT2D eigenvalue weighted by molar-refractivity contribution is 6.30. The summed E-state index contributed by atoms with van der Waals surface area (Å²) in [5.41, 5.74) is 5.06. The van der Waals surface area contributed by atoms with E-state index in [0.29, 0.717) is 0 Å². The van der Waals surface area contributed by atoms with Crippen LogP contribution in [0.15, 0.2) is 42.5 Å². The second kappa shape index (κ2) is 6.48. The molecule has 2 N–H and O–H groups in total. The molecule has 0 aliphatic heterocycles. The van der Waals surface area contributed by atoms with Gasteiger partial charge in [-0.15, -0.1) is 0 Å². The lowest BCUT2D eigenvalue weighted by atomic mass is 9.88. The number of carbonyl (C=O) groups excluding carboxylic acids is 1. The van der Waals surface area contributed by atoms with E-state index in [2.05, 4.69) is 28.8 Å². The third-order valence-electron chi connectivity index (χ3n) is 5.16. The number of fused-ring (bicyclic) bond motifs is 2. The van der Waals surface area contributed by atoms with Gasteiger partial charge in [0.2, 0.25) is 0 Å². The Kier molecular flexibility index (Phi) is 4.19. The summed E-state index contributed by atoms with van der Waals surface area (Å²) in [6.45, 7) is 0. The van der Waals surface area contributed by atoms with E-state index in [1.165, 1.54) is 22.3 Å². The minimum Gasteiger partial charge on any atom is -0.331 e. The summed E-state index contributed by atoms with van der Waals surface area (Å²) in [6, 6.07) is 14.5. The zero-order chi connectivity index (χ0) is 16.5. The molecule has 4 heteroatoms. The number of hydrogen-bond acceptors (Lipinski definition) is 1. The Morgan fingerprint density at radius 1 is 0.917 bits per heavy atom. The van der Waals surface area contributed by atoms with Gasteiger partial charge in [0.15, 0.2) is 0 Å². The van der Waals surface area contributed by atoms with Gasteiger partial charge < -0.3 is 10.6 Å². The van der Waals surface area contributed by atoms with E-state index in [-0.39, 0.29) is 18.1 Å². The second-order valence-corrected chi connectivity index (χ2v) is 7.13. The molecule has 0 fully saturated rings. The summed E-state index contributed by atoms with van der Waals surface area (Å²) in [6.07, 6.45) is 5.12. The summed E-state index contributed by atoms with van der Waals surface area (Å²) < 4.78 is 0. The van der Waals surface area contributed by atoms with Crippen molar-refractivity contribution >= 4 is 17.6 Å². The molecule has 124 valence electrons. The van der Waals surface area contributed by atoms with Gasteiger partial charge in [-0.05, 0) is 66.5 Å². The molecule has 0 heterocycles. The maximum Gasteiger partial charge on any atom is 0.315 e. The summed E-state index contributed by atoms with van der Waals surface area (Å²) in [4.78, 5) is 12.5. The van der Waals surface area contributed by atoms with E-state index in [0.717, 1.165) is 37.1 Å². The van der Waals surface area contributed by atoms with Crippen LogP contribution in [0.3, 0.4) is 0 Å². The van der Waals surface area contributed by atoms with Crippen LogP contribution in [0.25, 0.3) is 0 Å². The maximum atomic E-state index is 12.5. The first-order valence-corrected chi connectivity index (χ1v) is 9.01. The SMILES string of the molecule is O=C(NC1CCCc2ccccc21)NC1CCc2cc(Cl)ccc21. The molecule has 2 amide bonds. The standard InChI is InChI=1S/C20H21ClN2O/c21-15-9-10-17-14(12-15)8-11-19(17)23-20(24)22-18-7-3-5-13-4-1-2-6-16(13)18/h1-2,4,6,9-10,12,18-19H,3,5,7-8,11H2,(H2,22,23,24). The van der Waals surface area contributed by atoms with E-state index in [1.807, 2.05) is 24.3 Å². The molecule has 0 saturated heterocycles. The molecule has 2 aromatic rings. The molecule has 2 aliphatic rings. The van der Waals surface area contributed by atoms with Crippen molar-refractivity contribution in [2.24, 2.45) is 0 Å². The Hall–Kier alpha value is -2.00. The molecule has 2 atom stereocenters. The molecule has 3 nitrogen and oxygen atoms in total. The van der Waals surface area contributed by atoms with E-state index in [1.54, 1.807) is 0 Å². The third kappa shape index (κ3) is 3.01. The van der Waals surface area contributed by atoms with Crippen molar-refractivity contribution in [3.63, 3.8) is 0 Å². The predicted octanol–water partition coefficient (Wildman–Crippen LogP) is 4.70. The van der Waals surface area contributed by atoms with Crippen LogP contribution in [0.4, 0.5) is 4.79 Å². The van der Waals surface area contributed by atoms with Crippen LogP contribution in [-0.2, 0) is 12.8 Å². The van der Waals surface area contributed by atoms with Crippen molar-refractivity contribution in [3.05, 3.63) is 69.7 Å². The van der Waals surface area contributed by atoms with Gasteiger partial charge in [-0.2, -0.15) is 0 Å². The molecule has 0 spiro atoms. The summed E-state index contributed by atoms with van der Waals surface area (Å²) in [5, 5.41) is 7.07. The van der Waals surface area contributed by atoms with Crippen LogP contribution in [-0.4, -0.2) is 6.03 Å². The first-order valence-electron chi connectivity index (χ1n) is 8.64. The van der Waals surface area contributed by atoms with E-state index < -0.39 is 0 Å². The van der Waals surface area contributed by atoms with Gasteiger partial charge in [-0.3, -0.25) is 0 Å². The molecule has 2 aliphatic carbocycles. The van der Waals surface area contributed by atoms with Gasteiger partial charge in [0.1, 0.15) is 0 Å². The topological polar surface area (TPSA) is 41.1 Å². The minimum absolute atomic E-state index is 0.0792. The van der Waals surface area contributed by atoms with Crippen LogP contribution >= 0.6 is 11.6 Å². The van der Waals surface area contributed by atoms with Crippen molar-refractivity contribution in [2.75, 3.05) is 0 Å². The molecular weight excluding hydrogens is 320 g/mol. The van der Waals surface area contributed by atoms with Crippen molar-refractivity contribution in [1.29, 1.82) is 0 Å². The number of halogens is 1. The van der Waals surface area contributed by atoms with Crippen molar-refractivity contribution in [3.8, 4) is 0 Å². The number of hydrogen-bond donors (Lipinski definition) is 2. The largest absolute Gasteiger partial charge is 0.331 e. The lowest BCUT2D eigenvalue weighted by Crippen LogP contribution is -2.40. The smallest absolute Gasteiger partial charge is 0.315 e. The number of urea groups is 1. The van der Waals surface area contributed by atoms with Gasteiger partial charge in [-0.1, -0.05) is 41.9 Å². The molecule has 24 heavy (non-hydrogen) atoms. The lowest BCUT2D eigenvalue weighted by Gasteiger charge is -2.27. The van der Waals surface area contributed by atoms with Crippen LogP contribution in [0.1, 0.15) is 53.6 Å². The van der Waals surface area contributed by atoms with Gasteiger partial charge in [0, 0.05) is 5.02 Å². The molecule has 4 rings (SSSR count). The zero-order valence-electron chi connectivity index (χ0n) is 13.5.